The summed E-state index contributed by atoms with van der Waals surface area (Å²) in [6.45, 7) is 2.20. The van der Waals surface area contributed by atoms with E-state index in [2.05, 4.69) is 6.92 Å². The Balaban J connectivity index is 2.15. The summed E-state index contributed by atoms with van der Waals surface area (Å²) in [6, 6.07) is 0. The Kier molecular flexibility index (Phi) is 7.95. The van der Waals surface area contributed by atoms with Crippen LogP contribution in [0.15, 0.2) is 11.8 Å². The van der Waals surface area contributed by atoms with Gasteiger partial charge < -0.3 is 5.11 Å². The lowest BCUT2D eigenvalue weighted by molar-refractivity contribution is -0.142. The number of aliphatic hydroxyl groups excluding tert-OH is 1. The van der Waals surface area contributed by atoms with Crippen molar-refractivity contribution in [3.63, 3.8) is 0 Å². The summed E-state index contributed by atoms with van der Waals surface area (Å²) in [6.07, 6.45) is 11.5. The first-order valence-corrected chi connectivity index (χ1v) is 8.11. The molecule has 118 valence electrons. The molecular weight excluding hydrogens is 268 g/mol. The van der Waals surface area contributed by atoms with Gasteiger partial charge in [-0.05, 0) is 6.42 Å². The van der Waals surface area contributed by atoms with Gasteiger partial charge in [-0.15, -0.1) is 0 Å². The van der Waals surface area contributed by atoms with Crippen LogP contribution >= 0.6 is 0 Å². The Hall–Kier alpha value is -1.45. The van der Waals surface area contributed by atoms with Crippen LogP contribution < -0.4 is 0 Å². The van der Waals surface area contributed by atoms with E-state index in [-0.39, 0.29) is 0 Å². The van der Waals surface area contributed by atoms with Crippen LogP contribution in [0, 0.1) is 5.92 Å². The van der Waals surface area contributed by atoms with Gasteiger partial charge in [0.15, 0.2) is 5.76 Å². The number of carbonyl (C=O) groups is 3. The zero-order chi connectivity index (χ0) is 15.7. The van der Waals surface area contributed by atoms with E-state index in [1.165, 1.54) is 38.5 Å². The summed E-state index contributed by atoms with van der Waals surface area (Å²) in [4.78, 5) is 34.6. The minimum atomic E-state index is -0.952. The molecule has 1 N–H and O–H groups in total. The molecule has 21 heavy (non-hydrogen) atoms. The van der Waals surface area contributed by atoms with Gasteiger partial charge in [0.1, 0.15) is 0 Å². The molecule has 4 heteroatoms. The molecule has 1 rings (SSSR count). The lowest BCUT2D eigenvalue weighted by Gasteiger charge is -2.16. The van der Waals surface area contributed by atoms with Gasteiger partial charge in [0, 0.05) is 6.08 Å². The number of rotatable bonds is 10. The Labute approximate surface area is 126 Å². The van der Waals surface area contributed by atoms with Crippen LogP contribution in [0.5, 0.6) is 0 Å². The van der Waals surface area contributed by atoms with E-state index >= 15 is 0 Å². The van der Waals surface area contributed by atoms with Gasteiger partial charge in [0.25, 0.3) is 0 Å². The van der Waals surface area contributed by atoms with Gasteiger partial charge >= 0.3 is 0 Å². The molecule has 1 aliphatic rings. The fraction of sp³-hybridized carbons (Fsp3) is 0.706. The number of carbonyl (C=O) groups excluding carboxylic acids is 3. The first-order valence-electron chi connectivity index (χ1n) is 8.11. The number of hydrogen-bond acceptors (Lipinski definition) is 4. The number of ketones is 3. The molecule has 0 fully saturated rings. The summed E-state index contributed by atoms with van der Waals surface area (Å²) in [5.74, 6) is -3.54. The van der Waals surface area contributed by atoms with Crippen LogP contribution in [0.25, 0.3) is 0 Å². The summed E-state index contributed by atoms with van der Waals surface area (Å²) in [5.41, 5.74) is 0. The molecule has 0 aliphatic heterocycles. The zero-order valence-corrected chi connectivity index (χ0v) is 12.9. The monoisotopic (exact) mass is 294 g/mol. The molecule has 0 saturated heterocycles. The van der Waals surface area contributed by atoms with E-state index in [0.717, 1.165) is 25.3 Å². The summed E-state index contributed by atoms with van der Waals surface area (Å²) < 4.78 is 0. The standard InChI is InChI=1S/C17H26O4/c1-2-3-4-5-6-7-8-9-10-11-13-16(20)14(18)12-15(19)17(13)21/h12-13,18H,2-11H2,1H3. The Morgan fingerprint density at radius 2 is 1.38 bits per heavy atom. The van der Waals surface area contributed by atoms with E-state index in [0.29, 0.717) is 6.42 Å². The van der Waals surface area contributed by atoms with Crippen LogP contribution in [0.2, 0.25) is 0 Å². The third-order valence-electron chi connectivity index (χ3n) is 3.99. The fourth-order valence-corrected chi connectivity index (χ4v) is 2.66. The smallest absolute Gasteiger partial charge is 0.225 e. The molecule has 0 aromatic heterocycles. The molecule has 0 radical (unpaired) electrons. The fourth-order valence-electron chi connectivity index (χ4n) is 2.66. The van der Waals surface area contributed by atoms with Crippen molar-refractivity contribution >= 4 is 17.3 Å². The third-order valence-corrected chi connectivity index (χ3v) is 3.99. The number of allylic oxidation sites excluding steroid dienone is 2. The molecule has 0 amide bonds. The molecule has 1 aliphatic carbocycles. The molecule has 1 unspecified atom stereocenters. The number of unbranched alkanes of at least 4 members (excludes halogenated alkanes) is 8. The van der Waals surface area contributed by atoms with Crippen LogP contribution in [0.3, 0.4) is 0 Å². The van der Waals surface area contributed by atoms with Crippen LogP contribution in [0.1, 0.15) is 71.1 Å². The number of Topliss-reactive ketones (excluding diaryl/α,β-unsaturated/α-hetero) is 2. The predicted molar refractivity (Wildman–Crippen MR) is 81.1 cm³/mol. The number of hydrogen-bond donors (Lipinski definition) is 1. The molecule has 4 nitrogen and oxygen atoms in total. The van der Waals surface area contributed by atoms with Crippen LogP contribution in [-0.2, 0) is 14.4 Å². The molecule has 0 heterocycles. The quantitative estimate of drug-likeness (QED) is 0.379. The predicted octanol–water partition coefficient (Wildman–Crippen LogP) is 3.69. The average Bonchev–Trinajstić information content (AvgIpc) is 2.46. The Morgan fingerprint density at radius 3 is 1.95 bits per heavy atom. The van der Waals surface area contributed by atoms with Crippen LogP contribution in [-0.4, -0.2) is 22.5 Å². The second kappa shape index (κ2) is 9.48. The second-order valence-corrected chi connectivity index (χ2v) is 5.79. The maximum absolute atomic E-state index is 11.7. The third kappa shape index (κ3) is 5.82. The minimum absolute atomic E-state index is 0.372. The SMILES string of the molecule is CCCCCCCCCCCC1C(=O)C(=O)C=C(O)C1=O. The molecule has 0 bridgehead atoms. The van der Waals surface area contributed by atoms with Crippen molar-refractivity contribution in [2.75, 3.05) is 0 Å². The molecule has 0 aromatic rings. The highest BCUT2D eigenvalue weighted by molar-refractivity contribution is 6.48. The average molecular weight is 294 g/mol. The largest absolute Gasteiger partial charge is 0.504 e. The molecular formula is C17H26O4. The Morgan fingerprint density at radius 1 is 0.857 bits per heavy atom. The van der Waals surface area contributed by atoms with Gasteiger partial charge in [-0.3, -0.25) is 14.4 Å². The first kappa shape index (κ1) is 17.6. The van der Waals surface area contributed by atoms with Crippen molar-refractivity contribution in [3.8, 4) is 0 Å². The van der Waals surface area contributed by atoms with Crippen LogP contribution in [0.4, 0.5) is 0 Å². The van der Waals surface area contributed by atoms with Crippen molar-refractivity contribution in [3.05, 3.63) is 11.8 Å². The minimum Gasteiger partial charge on any atom is -0.504 e. The van der Waals surface area contributed by atoms with Crippen molar-refractivity contribution in [1.29, 1.82) is 0 Å². The lowest BCUT2D eigenvalue weighted by atomic mass is 9.85. The molecule has 0 spiro atoms. The van der Waals surface area contributed by atoms with Gasteiger partial charge in [-0.1, -0.05) is 64.7 Å². The topological polar surface area (TPSA) is 71.4 Å². The second-order valence-electron chi connectivity index (χ2n) is 5.79. The van der Waals surface area contributed by atoms with E-state index in [9.17, 15) is 19.5 Å². The summed E-state index contributed by atoms with van der Waals surface area (Å²) in [5, 5.41) is 9.32. The van der Waals surface area contributed by atoms with Gasteiger partial charge in [0.05, 0.1) is 5.92 Å². The Bertz CT molecular complexity index is 409. The first-order chi connectivity index (χ1) is 10.1. The maximum Gasteiger partial charge on any atom is 0.225 e. The van der Waals surface area contributed by atoms with Crippen molar-refractivity contribution in [2.24, 2.45) is 5.92 Å². The molecule has 0 saturated carbocycles. The highest BCUT2D eigenvalue weighted by Crippen LogP contribution is 2.21. The van der Waals surface area contributed by atoms with Crippen molar-refractivity contribution in [2.45, 2.75) is 71.1 Å². The summed E-state index contributed by atoms with van der Waals surface area (Å²) >= 11 is 0. The van der Waals surface area contributed by atoms with Crippen molar-refractivity contribution < 1.29 is 19.5 Å². The number of aliphatic hydroxyl groups is 1. The van der Waals surface area contributed by atoms with Gasteiger partial charge in [0.2, 0.25) is 17.3 Å². The van der Waals surface area contributed by atoms with E-state index in [4.69, 9.17) is 0 Å². The van der Waals surface area contributed by atoms with E-state index in [1.54, 1.807) is 0 Å². The van der Waals surface area contributed by atoms with E-state index in [1.807, 2.05) is 0 Å². The van der Waals surface area contributed by atoms with Gasteiger partial charge in [-0.2, -0.15) is 0 Å². The zero-order valence-electron chi connectivity index (χ0n) is 12.9. The highest BCUT2D eigenvalue weighted by Gasteiger charge is 2.36. The molecule has 0 aromatic carbocycles. The van der Waals surface area contributed by atoms with E-state index < -0.39 is 29.0 Å². The van der Waals surface area contributed by atoms with Gasteiger partial charge in [-0.25, -0.2) is 0 Å². The highest BCUT2D eigenvalue weighted by atomic mass is 16.3. The maximum atomic E-state index is 11.7. The normalized spacial score (nSPS) is 19.0. The molecule has 1 atom stereocenters. The lowest BCUT2D eigenvalue weighted by Crippen LogP contribution is -2.35. The van der Waals surface area contributed by atoms with Crippen molar-refractivity contribution in [1.82, 2.24) is 0 Å². The summed E-state index contributed by atoms with van der Waals surface area (Å²) in [7, 11) is 0.